The lowest BCUT2D eigenvalue weighted by molar-refractivity contribution is 0.0730. The van der Waals surface area contributed by atoms with Crippen LogP contribution in [0.2, 0.25) is 0 Å². The van der Waals surface area contributed by atoms with E-state index in [-0.39, 0.29) is 24.9 Å². The van der Waals surface area contributed by atoms with E-state index in [0.29, 0.717) is 35.8 Å². The molecule has 6 nitrogen and oxygen atoms in total. The summed E-state index contributed by atoms with van der Waals surface area (Å²) < 4.78 is 24.8. The van der Waals surface area contributed by atoms with Crippen molar-refractivity contribution < 1.29 is 23.8 Å². The van der Waals surface area contributed by atoms with E-state index >= 15 is 0 Å². The third kappa shape index (κ3) is 6.44. The molecule has 0 aliphatic heterocycles. The number of ether oxygens (including phenoxy) is 2. The van der Waals surface area contributed by atoms with Crippen molar-refractivity contribution in [2.45, 2.75) is 26.3 Å². The number of thiazole rings is 1. The number of nitrogens with zero attached hydrogens (tertiary/aromatic N) is 2. The number of halogens is 1. The van der Waals surface area contributed by atoms with Crippen molar-refractivity contribution in [3.8, 4) is 11.5 Å². The maximum atomic E-state index is 13.4. The standard InChI is InChI=1S/C27H25FN2O4S/c1-33-24-12-9-20(13-25(24)34-17-26-29-23(16-31)18-35-26)15-30(14-19-7-10-22(28)11-8-19)27(32)21-5-3-2-4-6-21/h2-13,18,31H,14-17H2,1H3. The highest BCUT2D eigenvalue weighted by atomic mass is 32.1. The maximum Gasteiger partial charge on any atom is 0.254 e. The molecule has 0 fully saturated rings. The molecule has 0 aliphatic carbocycles. The summed E-state index contributed by atoms with van der Waals surface area (Å²) in [5.74, 6) is 0.636. The quantitative estimate of drug-likeness (QED) is 0.329. The molecule has 0 radical (unpaired) electrons. The van der Waals surface area contributed by atoms with E-state index in [0.717, 1.165) is 16.1 Å². The van der Waals surface area contributed by atoms with Gasteiger partial charge in [-0.15, -0.1) is 11.3 Å². The highest BCUT2D eigenvalue weighted by Gasteiger charge is 2.18. The van der Waals surface area contributed by atoms with Crippen LogP contribution in [0.4, 0.5) is 4.39 Å². The minimum atomic E-state index is -0.321. The van der Waals surface area contributed by atoms with Crippen molar-refractivity contribution in [3.63, 3.8) is 0 Å². The van der Waals surface area contributed by atoms with Gasteiger partial charge in [0.15, 0.2) is 11.5 Å². The first kappa shape index (κ1) is 24.4. The lowest BCUT2D eigenvalue weighted by Crippen LogP contribution is -2.30. The first-order valence-electron chi connectivity index (χ1n) is 11.0. The van der Waals surface area contributed by atoms with Crippen molar-refractivity contribution in [2.24, 2.45) is 0 Å². The van der Waals surface area contributed by atoms with E-state index in [4.69, 9.17) is 9.47 Å². The molecule has 180 valence electrons. The lowest BCUT2D eigenvalue weighted by atomic mass is 10.1. The molecule has 0 saturated heterocycles. The molecule has 0 aliphatic rings. The number of benzene rings is 3. The van der Waals surface area contributed by atoms with E-state index < -0.39 is 0 Å². The maximum absolute atomic E-state index is 13.4. The molecule has 1 aromatic heterocycles. The Morgan fingerprint density at radius 2 is 1.71 bits per heavy atom. The molecule has 4 rings (SSSR count). The summed E-state index contributed by atoms with van der Waals surface area (Å²) in [6, 6.07) is 20.7. The highest BCUT2D eigenvalue weighted by molar-refractivity contribution is 7.09. The summed E-state index contributed by atoms with van der Waals surface area (Å²) in [5, 5.41) is 11.7. The summed E-state index contributed by atoms with van der Waals surface area (Å²) in [5.41, 5.74) is 2.85. The van der Waals surface area contributed by atoms with E-state index in [2.05, 4.69) is 4.98 Å². The van der Waals surface area contributed by atoms with Crippen LogP contribution in [0.15, 0.2) is 78.2 Å². The molecule has 0 saturated carbocycles. The Kier molecular flexibility index (Phi) is 8.07. The van der Waals surface area contributed by atoms with Crippen molar-refractivity contribution in [1.29, 1.82) is 0 Å². The zero-order chi connectivity index (χ0) is 24.6. The van der Waals surface area contributed by atoms with Crippen molar-refractivity contribution in [2.75, 3.05) is 7.11 Å². The van der Waals surface area contributed by atoms with Crippen LogP contribution in [0.3, 0.4) is 0 Å². The van der Waals surface area contributed by atoms with Gasteiger partial charge in [-0.25, -0.2) is 9.37 Å². The highest BCUT2D eigenvalue weighted by Crippen LogP contribution is 2.30. The second kappa shape index (κ2) is 11.6. The summed E-state index contributed by atoms with van der Waals surface area (Å²) >= 11 is 1.41. The van der Waals surface area contributed by atoms with Gasteiger partial charge in [0.05, 0.1) is 19.4 Å². The molecule has 1 heterocycles. The Hall–Kier alpha value is -3.75. The fourth-order valence-corrected chi connectivity index (χ4v) is 4.25. The van der Waals surface area contributed by atoms with Gasteiger partial charge < -0.3 is 19.5 Å². The summed E-state index contributed by atoms with van der Waals surface area (Å²) in [7, 11) is 1.56. The Bertz CT molecular complexity index is 1260. The normalized spacial score (nSPS) is 10.7. The molecule has 4 aromatic rings. The molecule has 35 heavy (non-hydrogen) atoms. The number of hydrogen-bond acceptors (Lipinski definition) is 6. The van der Waals surface area contributed by atoms with E-state index in [1.807, 2.05) is 30.3 Å². The Balaban J connectivity index is 1.56. The van der Waals surface area contributed by atoms with Gasteiger partial charge in [0.1, 0.15) is 17.4 Å². The predicted molar refractivity (Wildman–Crippen MR) is 132 cm³/mol. The predicted octanol–water partition coefficient (Wildman–Crippen LogP) is 5.20. The van der Waals surface area contributed by atoms with Gasteiger partial charge in [0.2, 0.25) is 0 Å². The number of rotatable bonds is 10. The zero-order valence-electron chi connectivity index (χ0n) is 19.2. The Morgan fingerprint density at radius 3 is 2.40 bits per heavy atom. The molecule has 0 bridgehead atoms. The Morgan fingerprint density at radius 1 is 1.00 bits per heavy atom. The molecular formula is C27H25FN2O4S. The van der Waals surface area contributed by atoms with Gasteiger partial charge in [-0.05, 0) is 47.5 Å². The number of carbonyl (C=O) groups is 1. The van der Waals surface area contributed by atoms with Gasteiger partial charge in [0.25, 0.3) is 5.91 Å². The molecule has 1 N–H and O–H groups in total. The number of amides is 1. The summed E-state index contributed by atoms with van der Waals surface area (Å²) in [4.78, 5) is 19.4. The van der Waals surface area contributed by atoms with Crippen LogP contribution in [0.5, 0.6) is 11.5 Å². The number of aliphatic hydroxyl groups excluding tert-OH is 1. The molecule has 0 spiro atoms. The second-order valence-corrected chi connectivity index (χ2v) is 8.76. The first-order chi connectivity index (χ1) is 17.1. The fourth-order valence-electron chi connectivity index (χ4n) is 3.55. The van der Waals surface area contributed by atoms with Crippen molar-refractivity contribution in [3.05, 3.63) is 111 Å². The van der Waals surface area contributed by atoms with E-state index in [1.165, 1.54) is 23.5 Å². The first-order valence-corrected chi connectivity index (χ1v) is 11.9. The van der Waals surface area contributed by atoms with Gasteiger partial charge >= 0.3 is 0 Å². The van der Waals surface area contributed by atoms with Crippen molar-refractivity contribution in [1.82, 2.24) is 9.88 Å². The van der Waals surface area contributed by atoms with E-state index in [1.54, 1.807) is 47.7 Å². The summed E-state index contributed by atoms with van der Waals surface area (Å²) in [6.07, 6.45) is 0. The van der Waals surface area contributed by atoms with Crippen LogP contribution in [-0.2, 0) is 26.3 Å². The molecule has 1 amide bonds. The fraction of sp³-hybridized carbons (Fsp3) is 0.185. The number of methoxy groups -OCH3 is 1. The smallest absolute Gasteiger partial charge is 0.254 e. The molecular weight excluding hydrogens is 467 g/mol. The monoisotopic (exact) mass is 492 g/mol. The lowest BCUT2D eigenvalue weighted by Gasteiger charge is -2.24. The van der Waals surface area contributed by atoms with Crippen LogP contribution >= 0.6 is 11.3 Å². The van der Waals surface area contributed by atoms with Gasteiger partial charge in [-0.2, -0.15) is 0 Å². The number of aliphatic hydroxyl groups is 1. The zero-order valence-corrected chi connectivity index (χ0v) is 20.0. The molecule has 3 aromatic carbocycles. The Labute approximate surface area is 207 Å². The van der Waals surface area contributed by atoms with Crippen LogP contribution in [0.25, 0.3) is 0 Å². The van der Waals surface area contributed by atoms with Gasteiger partial charge in [-0.3, -0.25) is 4.79 Å². The molecule has 8 heteroatoms. The second-order valence-electron chi connectivity index (χ2n) is 7.82. The molecule has 0 atom stereocenters. The van der Waals surface area contributed by atoms with E-state index in [9.17, 15) is 14.3 Å². The SMILES string of the molecule is COc1ccc(CN(Cc2ccc(F)cc2)C(=O)c2ccccc2)cc1OCc1nc(CO)cs1. The number of aromatic nitrogens is 1. The van der Waals surface area contributed by atoms with Crippen molar-refractivity contribution >= 4 is 17.2 Å². The average molecular weight is 493 g/mol. The third-order valence-electron chi connectivity index (χ3n) is 5.31. The third-order valence-corrected chi connectivity index (χ3v) is 6.18. The van der Waals surface area contributed by atoms with Crippen LogP contribution in [-0.4, -0.2) is 28.0 Å². The van der Waals surface area contributed by atoms with Crippen LogP contribution in [0, 0.1) is 5.82 Å². The topological polar surface area (TPSA) is 71.9 Å². The minimum Gasteiger partial charge on any atom is -0.493 e. The summed E-state index contributed by atoms with van der Waals surface area (Å²) in [6.45, 7) is 0.748. The van der Waals surface area contributed by atoms with Crippen LogP contribution < -0.4 is 9.47 Å². The molecule has 0 unspecified atom stereocenters. The minimum absolute atomic E-state index is 0.116. The average Bonchev–Trinajstić information content (AvgIpc) is 3.37. The number of hydrogen-bond donors (Lipinski definition) is 1. The van der Waals surface area contributed by atoms with Gasteiger partial charge in [0, 0.05) is 24.0 Å². The number of carbonyl (C=O) groups excluding carboxylic acids is 1. The largest absolute Gasteiger partial charge is 0.493 e. The van der Waals surface area contributed by atoms with Crippen LogP contribution in [0.1, 0.15) is 32.2 Å². The van der Waals surface area contributed by atoms with Gasteiger partial charge in [-0.1, -0.05) is 36.4 Å².